The fourth-order valence-corrected chi connectivity index (χ4v) is 3.94. The lowest BCUT2D eigenvalue weighted by Gasteiger charge is -2.35. The summed E-state index contributed by atoms with van der Waals surface area (Å²) in [6.45, 7) is 0. The number of rotatable bonds is 6. The van der Waals surface area contributed by atoms with Crippen molar-refractivity contribution in [2.75, 3.05) is 11.5 Å². The summed E-state index contributed by atoms with van der Waals surface area (Å²) in [5, 5.41) is 9.30. The molecule has 5 heteroatoms. The van der Waals surface area contributed by atoms with Gasteiger partial charge in [0.15, 0.2) is 0 Å². The second-order valence-electron chi connectivity index (χ2n) is 5.37. The van der Waals surface area contributed by atoms with Gasteiger partial charge in [-0.2, -0.15) is 11.8 Å². The first-order valence-corrected chi connectivity index (χ1v) is 8.21. The molecule has 0 spiro atoms. The van der Waals surface area contributed by atoms with E-state index in [0.717, 1.165) is 24.2 Å². The first-order valence-electron chi connectivity index (χ1n) is 7.06. The number of nitrogens with zero attached hydrogens (tertiary/aromatic N) is 1. The Balaban J connectivity index is 1.55. The van der Waals surface area contributed by atoms with Crippen molar-refractivity contribution in [1.29, 1.82) is 0 Å². The molecule has 2 aliphatic rings. The van der Waals surface area contributed by atoms with Crippen LogP contribution in [-0.4, -0.2) is 39.4 Å². The van der Waals surface area contributed by atoms with Crippen molar-refractivity contribution >= 4 is 23.6 Å². The molecule has 1 N–H and O–H groups in total. The van der Waals surface area contributed by atoms with Crippen LogP contribution < -0.4 is 0 Å². The number of amides is 1. The minimum Gasteiger partial charge on any atom is -0.477 e. The van der Waals surface area contributed by atoms with Gasteiger partial charge < -0.3 is 10.0 Å². The molecule has 110 valence electrons. The molecule has 1 unspecified atom stereocenters. The van der Waals surface area contributed by atoms with Crippen LogP contribution in [0.2, 0.25) is 0 Å². The van der Waals surface area contributed by atoms with E-state index in [1.807, 2.05) is 18.2 Å². The van der Waals surface area contributed by atoms with E-state index >= 15 is 0 Å². The van der Waals surface area contributed by atoms with E-state index in [0.29, 0.717) is 12.2 Å². The molecule has 1 aromatic rings. The van der Waals surface area contributed by atoms with Crippen molar-refractivity contribution in [2.45, 2.75) is 25.3 Å². The molecular formula is C16H17NO3S. The maximum atomic E-state index is 11.5. The summed E-state index contributed by atoms with van der Waals surface area (Å²) in [6.07, 6.45) is 2.20. The van der Waals surface area contributed by atoms with Crippen molar-refractivity contribution in [3.63, 3.8) is 0 Å². The molecule has 0 radical (unpaired) electrons. The van der Waals surface area contributed by atoms with Crippen LogP contribution >= 0.6 is 11.8 Å². The highest BCUT2D eigenvalue weighted by atomic mass is 32.2. The maximum Gasteiger partial charge on any atom is 0.352 e. The summed E-state index contributed by atoms with van der Waals surface area (Å²) in [6, 6.07) is 10.4. The second-order valence-corrected chi connectivity index (χ2v) is 6.48. The Hall–Kier alpha value is -1.75. The Labute approximate surface area is 127 Å². The third kappa shape index (κ3) is 2.83. The lowest BCUT2D eigenvalue weighted by molar-refractivity contribution is -0.147. The van der Waals surface area contributed by atoms with Gasteiger partial charge >= 0.3 is 5.97 Å². The van der Waals surface area contributed by atoms with Gasteiger partial charge in [0, 0.05) is 18.2 Å². The van der Waals surface area contributed by atoms with Gasteiger partial charge in [0.05, 0.1) is 0 Å². The Bertz CT molecular complexity index is 597. The maximum absolute atomic E-state index is 11.5. The Kier molecular flexibility index (Phi) is 4.01. The quantitative estimate of drug-likeness (QED) is 0.647. The van der Waals surface area contributed by atoms with Gasteiger partial charge in [0.1, 0.15) is 5.70 Å². The second kappa shape index (κ2) is 5.93. The molecule has 1 amide bonds. The van der Waals surface area contributed by atoms with Crippen LogP contribution in [-0.2, 0) is 16.0 Å². The number of thioether (sulfide) groups is 1. The first kappa shape index (κ1) is 14.2. The van der Waals surface area contributed by atoms with Crippen LogP contribution in [0.4, 0.5) is 0 Å². The highest BCUT2D eigenvalue weighted by molar-refractivity contribution is 7.99. The molecular weight excluding hydrogens is 286 g/mol. The van der Waals surface area contributed by atoms with Gasteiger partial charge in [-0.3, -0.25) is 4.79 Å². The van der Waals surface area contributed by atoms with E-state index in [-0.39, 0.29) is 17.6 Å². The van der Waals surface area contributed by atoms with Crippen molar-refractivity contribution in [2.24, 2.45) is 0 Å². The zero-order valence-corrected chi connectivity index (χ0v) is 12.4. The van der Waals surface area contributed by atoms with Crippen LogP contribution in [0.5, 0.6) is 0 Å². The van der Waals surface area contributed by atoms with E-state index in [2.05, 4.69) is 12.1 Å². The first-order chi connectivity index (χ1) is 10.2. The predicted molar refractivity (Wildman–Crippen MR) is 82.0 cm³/mol. The molecule has 1 fully saturated rings. The van der Waals surface area contributed by atoms with Crippen molar-refractivity contribution in [1.82, 2.24) is 4.90 Å². The molecule has 21 heavy (non-hydrogen) atoms. The third-order valence-electron chi connectivity index (χ3n) is 3.96. The van der Waals surface area contributed by atoms with Crippen LogP contribution in [0.3, 0.4) is 0 Å². The summed E-state index contributed by atoms with van der Waals surface area (Å²) in [7, 11) is 0. The number of hydrogen-bond acceptors (Lipinski definition) is 3. The van der Waals surface area contributed by atoms with Crippen molar-refractivity contribution in [3.8, 4) is 0 Å². The Morgan fingerprint density at radius 2 is 2.05 bits per heavy atom. The van der Waals surface area contributed by atoms with Crippen LogP contribution in [0.15, 0.2) is 41.6 Å². The normalized spacial score (nSPS) is 20.5. The molecule has 1 saturated heterocycles. The molecule has 4 nitrogen and oxygen atoms in total. The lowest BCUT2D eigenvalue weighted by Crippen LogP contribution is -2.49. The van der Waals surface area contributed by atoms with Crippen LogP contribution in [0.25, 0.3) is 0 Å². The average Bonchev–Trinajstić information content (AvgIpc) is 2.77. The molecule has 0 aliphatic carbocycles. The van der Waals surface area contributed by atoms with Gasteiger partial charge in [0.25, 0.3) is 0 Å². The molecule has 2 aliphatic heterocycles. The number of benzene rings is 1. The topological polar surface area (TPSA) is 57.6 Å². The number of β-lactam (4-membered cyclic amide) rings is 1. The molecule has 3 rings (SSSR count). The van der Waals surface area contributed by atoms with Gasteiger partial charge in [-0.1, -0.05) is 30.3 Å². The Morgan fingerprint density at radius 3 is 2.71 bits per heavy atom. The predicted octanol–water partition coefficient (Wildman–Crippen LogP) is 2.31. The summed E-state index contributed by atoms with van der Waals surface area (Å²) in [4.78, 5) is 24.3. The van der Waals surface area contributed by atoms with Gasteiger partial charge in [-0.15, -0.1) is 0 Å². The smallest absolute Gasteiger partial charge is 0.352 e. The van der Waals surface area contributed by atoms with E-state index in [4.69, 9.17) is 0 Å². The zero-order chi connectivity index (χ0) is 14.8. The summed E-state index contributed by atoms with van der Waals surface area (Å²) < 4.78 is 0. The van der Waals surface area contributed by atoms with Crippen LogP contribution in [0.1, 0.15) is 18.4 Å². The molecule has 1 atom stereocenters. The highest BCUT2D eigenvalue weighted by Crippen LogP contribution is 2.39. The SMILES string of the molecule is O=C(O)C1=C(CSCCc2ccccc2)CC2CC(=O)N12. The fraction of sp³-hybridized carbons (Fsp3) is 0.375. The lowest BCUT2D eigenvalue weighted by atomic mass is 10.0. The number of aryl methyl sites for hydroxylation is 1. The molecule has 2 heterocycles. The van der Waals surface area contributed by atoms with E-state index in [9.17, 15) is 14.7 Å². The van der Waals surface area contributed by atoms with E-state index in [1.165, 1.54) is 10.5 Å². The zero-order valence-electron chi connectivity index (χ0n) is 11.6. The summed E-state index contributed by atoms with van der Waals surface area (Å²) in [5.74, 6) is 0.638. The minimum absolute atomic E-state index is 0.0540. The highest BCUT2D eigenvalue weighted by Gasteiger charge is 2.47. The van der Waals surface area contributed by atoms with Gasteiger partial charge in [-0.25, -0.2) is 4.79 Å². The largest absolute Gasteiger partial charge is 0.477 e. The number of carbonyl (C=O) groups excluding carboxylic acids is 1. The average molecular weight is 303 g/mol. The molecule has 0 bridgehead atoms. The summed E-state index contributed by atoms with van der Waals surface area (Å²) >= 11 is 1.74. The van der Waals surface area contributed by atoms with E-state index < -0.39 is 5.97 Å². The molecule has 1 aromatic carbocycles. The number of fused-ring (bicyclic) bond motifs is 1. The van der Waals surface area contributed by atoms with Crippen molar-refractivity contribution < 1.29 is 14.7 Å². The van der Waals surface area contributed by atoms with Gasteiger partial charge in [-0.05, 0) is 29.7 Å². The fourth-order valence-electron chi connectivity index (χ4n) is 2.92. The van der Waals surface area contributed by atoms with Gasteiger partial charge in [0.2, 0.25) is 5.91 Å². The monoisotopic (exact) mass is 303 g/mol. The number of hydrogen-bond donors (Lipinski definition) is 1. The number of carboxylic acid groups (broad SMARTS) is 1. The van der Waals surface area contributed by atoms with E-state index in [1.54, 1.807) is 11.8 Å². The molecule has 0 saturated carbocycles. The number of carbonyl (C=O) groups is 2. The Morgan fingerprint density at radius 1 is 1.29 bits per heavy atom. The minimum atomic E-state index is -0.968. The summed E-state index contributed by atoms with van der Waals surface area (Å²) in [5.41, 5.74) is 2.45. The molecule has 0 aromatic heterocycles. The number of carboxylic acids is 1. The van der Waals surface area contributed by atoms with Crippen molar-refractivity contribution in [3.05, 3.63) is 47.2 Å². The third-order valence-corrected chi connectivity index (χ3v) is 5.00. The standard InChI is InChI=1S/C16H17NO3S/c18-14-9-13-8-12(15(16(19)20)17(13)14)10-21-7-6-11-4-2-1-3-5-11/h1-5,13H,6-10H2,(H,19,20). The van der Waals surface area contributed by atoms with Crippen LogP contribution in [0, 0.1) is 0 Å². The number of aliphatic carboxylic acids is 1.